The normalized spacial score (nSPS) is 13.3. The van der Waals surface area contributed by atoms with Crippen molar-refractivity contribution in [3.05, 3.63) is 59.9 Å². The molecule has 5 heteroatoms. The minimum Gasteiger partial charge on any atom is -0.385 e. The summed E-state index contributed by atoms with van der Waals surface area (Å²) >= 11 is 4.35. The van der Waals surface area contributed by atoms with E-state index in [4.69, 9.17) is 0 Å². The molecule has 122 valence electrons. The SMILES string of the molecule is CCCCNc1ccccc1C(O)(S)CC(=O)c1ccccn1. The molecule has 4 nitrogen and oxygen atoms in total. The monoisotopic (exact) mass is 330 g/mol. The second-order valence-electron chi connectivity index (χ2n) is 5.46. The lowest BCUT2D eigenvalue weighted by molar-refractivity contribution is 0.0811. The van der Waals surface area contributed by atoms with E-state index in [1.807, 2.05) is 18.2 Å². The number of nitrogens with zero attached hydrogens (tertiary/aromatic N) is 1. The molecule has 0 spiro atoms. The first-order chi connectivity index (χ1) is 11.0. The highest BCUT2D eigenvalue weighted by molar-refractivity contribution is 7.81. The molecule has 1 heterocycles. The van der Waals surface area contributed by atoms with Crippen molar-refractivity contribution in [2.24, 2.45) is 0 Å². The lowest BCUT2D eigenvalue weighted by Crippen LogP contribution is -2.24. The highest BCUT2D eigenvalue weighted by Crippen LogP contribution is 2.35. The third-order valence-electron chi connectivity index (χ3n) is 3.56. The van der Waals surface area contributed by atoms with E-state index in [0.717, 1.165) is 25.1 Å². The fraction of sp³-hybridized carbons (Fsp3) is 0.333. The van der Waals surface area contributed by atoms with E-state index in [9.17, 15) is 9.90 Å². The van der Waals surface area contributed by atoms with Gasteiger partial charge in [0.2, 0.25) is 0 Å². The fourth-order valence-electron chi connectivity index (χ4n) is 2.32. The fourth-order valence-corrected chi connectivity index (χ4v) is 2.66. The summed E-state index contributed by atoms with van der Waals surface area (Å²) in [6.07, 6.45) is 3.54. The number of benzene rings is 1. The van der Waals surface area contributed by atoms with E-state index in [2.05, 4.69) is 29.9 Å². The Hall–Kier alpha value is -1.85. The van der Waals surface area contributed by atoms with Crippen LogP contribution in [0.1, 0.15) is 42.2 Å². The number of aliphatic hydroxyl groups is 1. The van der Waals surface area contributed by atoms with Gasteiger partial charge in [-0.25, -0.2) is 0 Å². The van der Waals surface area contributed by atoms with Gasteiger partial charge in [-0.15, -0.1) is 12.6 Å². The van der Waals surface area contributed by atoms with Gasteiger partial charge in [-0.1, -0.05) is 37.6 Å². The highest BCUT2D eigenvalue weighted by atomic mass is 32.1. The van der Waals surface area contributed by atoms with Crippen molar-refractivity contribution >= 4 is 24.1 Å². The molecule has 0 amide bonds. The Morgan fingerprint density at radius 1 is 1.26 bits per heavy atom. The Morgan fingerprint density at radius 2 is 2.00 bits per heavy atom. The third-order valence-corrected chi connectivity index (χ3v) is 3.96. The van der Waals surface area contributed by atoms with Gasteiger partial charge in [0.25, 0.3) is 0 Å². The van der Waals surface area contributed by atoms with E-state index in [0.29, 0.717) is 11.3 Å². The van der Waals surface area contributed by atoms with Crippen LogP contribution in [0.2, 0.25) is 0 Å². The van der Waals surface area contributed by atoms with Crippen LogP contribution in [0.4, 0.5) is 5.69 Å². The summed E-state index contributed by atoms with van der Waals surface area (Å²) in [5.74, 6) is -0.244. The van der Waals surface area contributed by atoms with Crippen LogP contribution < -0.4 is 5.32 Å². The van der Waals surface area contributed by atoms with Crippen LogP contribution in [0.25, 0.3) is 0 Å². The molecule has 2 N–H and O–H groups in total. The van der Waals surface area contributed by atoms with Gasteiger partial charge >= 0.3 is 0 Å². The molecule has 0 aliphatic heterocycles. The zero-order valence-corrected chi connectivity index (χ0v) is 14.1. The quantitative estimate of drug-likeness (QED) is 0.299. The first-order valence-electron chi connectivity index (χ1n) is 7.77. The number of anilines is 1. The zero-order valence-electron chi connectivity index (χ0n) is 13.2. The number of nitrogens with one attached hydrogen (secondary N) is 1. The number of Topliss-reactive ketones (excluding diaryl/α,β-unsaturated/α-hetero) is 1. The van der Waals surface area contributed by atoms with Crippen molar-refractivity contribution in [1.82, 2.24) is 4.98 Å². The summed E-state index contributed by atoms with van der Waals surface area (Å²) in [7, 11) is 0. The molecule has 0 saturated carbocycles. The topological polar surface area (TPSA) is 62.2 Å². The average molecular weight is 330 g/mol. The molecule has 0 saturated heterocycles. The Balaban J connectivity index is 2.17. The maximum Gasteiger partial charge on any atom is 0.185 e. The maximum absolute atomic E-state index is 12.3. The van der Waals surface area contributed by atoms with E-state index in [1.165, 1.54) is 0 Å². The summed E-state index contributed by atoms with van der Waals surface area (Å²) in [6.45, 7) is 2.93. The minimum atomic E-state index is -1.55. The second kappa shape index (κ2) is 8.13. The summed E-state index contributed by atoms with van der Waals surface area (Å²) in [6, 6.07) is 12.5. The molecule has 1 unspecified atom stereocenters. The molecule has 1 aromatic heterocycles. The molecule has 2 aromatic rings. The molecule has 2 rings (SSSR count). The molecule has 23 heavy (non-hydrogen) atoms. The lowest BCUT2D eigenvalue weighted by atomic mass is 10.00. The molecule has 0 radical (unpaired) electrons. The minimum absolute atomic E-state index is 0.139. The largest absolute Gasteiger partial charge is 0.385 e. The molecule has 1 aromatic carbocycles. The number of carbonyl (C=O) groups is 1. The Labute approximate surface area is 142 Å². The number of hydrogen-bond acceptors (Lipinski definition) is 5. The molecule has 1 atom stereocenters. The highest BCUT2D eigenvalue weighted by Gasteiger charge is 2.31. The number of pyridine rings is 1. The first kappa shape index (κ1) is 17.5. The van der Waals surface area contributed by atoms with Crippen LogP contribution in [0.5, 0.6) is 0 Å². The number of hydrogen-bond donors (Lipinski definition) is 3. The number of aromatic nitrogens is 1. The van der Waals surface area contributed by atoms with Crippen LogP contribution in [0, 0.1) is 0 Å². The van der Waals surface area contributed by atoms with Crippen LogP contribution >= 0.6 is 12.6 Å². The molecular formula is C18H22N2O2S. The molecule has 0 aliphatic carbocycles. The van der Waals surface area contributed by atoms with Gasteiger partial charge in [0.1, 0.15) is 10.6 Å². The van der Waals surface area contributed by atoms with Gasteiger partial charge in [0.05, 0.1) is 6.42 Å². The van der Waals surface area contributed by atoms with Gasteiger partial charge in [-0.3, -0.25) is 9.78 Å². The predicted octanol–water partition coefficient (Wildman–Crippen LogP) is 3.64. The van der Waals surface area contributed by atoms with Crippen molar-refractivity contribution in [2.45, 2.75) is 31.1 Å². The molecule has 0 bridgehead atoms. The third kappa shape index (κ3) is 4.81. The number of thiol groups is 1. The van der Waals surface area contributed by atoms with E-state index < -0.39 is 4.93 Å². The molecular weight excluding hydrogens is 308 g/mol. The van der Waals surface area contributed by atoms with Gasteiger partial charge in [0.15, 0.2) is 5.78 Å². The van der Waals surface area contributed by atoms with E-state index in [1.54, 1.807) is 30.5 Å². The maximum atomic E-state index is 12.3. The summed E-state index contributed by atoms with van der Waals surface area (Å²) < 4.78 is 0. The predicted molar refractivity (Wildman–Crippen MR) is 95.9 cm³/mol. The standard InChI is InChI=1S/C18H22N2O2S/c1-2-3-11-19-15-9-5-4-8-14(15)18(22,23)13-17(21)16-10-6-7-12-20-16/h4-10,12,19,22-23H,2-3,11,13H2,1H3. The van der Waals surface area contributed by atoms with Crippen LogP contribution in [0.15, 0.2) is 48.7 Å². The Morgan fingerprint density at radius 3 is 2.70 bits per heavy atom. The number of rotatable bonds is 8. The van der Waals surface area contributed by atoms with E-state index in [-0.39, 0.29) is 12.2 Å². The van der Waals surface area contributed by atoms with Crippen molar-refractivity contribution < 1.29 is 9.90 Å². The van der Waals surface area contributed by atoms with Gasteiger partial charge < -0.3 is 10.4 Å². The Bertz CT molecular complexity index is 644. The van der Waals surface area contributed by atoms with Crippen LogP contribution in [-0.4, -0.2) is 22.4 Å². The first-order valence-corrected chi connectivity index (χ1v) is 8.21. The average Bonchev–Trinajstić information content (AvgIpc) is 2.56. The van der Waals surface area contributed by atoms with Crippen LogP contribution in [0.3, 0.4) is 0 Å². The number of carbonyl (C=O) groups excluding carboxylic acids is 1. The van der Waals surface area contributed by atoms with Gasteiger partial charge in [-0.05, 0) is 24.6 Å². The molecule has 0 fully saturated rings. The summed E-state index contributed by atoms with van der Waals surface area (Å²) in [5.41, 5.74) is 1.73. The number of ketones is 1. The van der Waals surface area contributed by atoms with Gasteiger partial charge in [-0.2, -0.15) is 0 Å². The van der Waals surface area contributed by atoms with Crippen molar-refractivity contribution in [1.29, 1.82) is 0 Å². The number of para-hydroxylation sites is 1. The lowest BCUT2D eigenvalue weighted by Gasteiger charge is -2.25. The van der Waals surface area contributed by atoms with Crippen molar-refractivity contribution in [3.8, 4) is 0 Å². The molecule has 0 aliphatic rings. The summed E-state index contributed by atoms with van der Waals surface area (Å²) in [5, 5.41) is 14.0. The van der Waals surface area contributed by atoms with Crippen molar-refractivity contribution in [3.63, 3.8) is 0 Å². The van der Waals surface area contributed by atoms with Crippen molar-refractivity contribution in [2.75, 3.05) is 11.9 Å². The number of unbranched alkanes of at least 4 members (excludes halogenated alkanes) is 1. The second-order valence-corrected chi connectivity index (χ2v) is 6.20. The Kier molecular flexibility index (Phi) is 6.19. The van der Waals surface area contributed by atoms with E-state index >= 15 is 0 Å². The van der Waals surface area contributed by atoms with Crippen LogP contribution in [-0.2, 0) is 4.93 Å². The smallest absolute Gasteiger partial charge is 0.185 e. The zero-order chi connectivity index (χ0) is 16.7. The van der Waals surface area contributed by atoms with Gasteiger partial charge in [0, 0.05) is 24.0 Å². The summed E-state index contributed by atoms with van der Waals surface area (Å²) in [4.78, 5) is 14.8.